The lowest BCUT2D eigenvalue weighted by molar-refractivity contribution is 0.0515. The summed E-state index contributed by atoms with van der Waals surface area (Å²) < 4.78 is 0. The van der Waals surface area contributed by atoms with Crippen molar-refractivity contribution in [1.29, 1.82) is 0 Å². The van der Waals surface area contributed by atoms with Crippen molar-refractivity contribution in [2.75, 3.05) is 6.54 Å². The van der Waals surface area contributed by atoms with Crippen LogP contribution in [0.3, 0.4) is 0 Å². The van der Waals surface area contributed by atoms with Gasteiger partial charge in [-0.3, -0.25) is 0 Å². The standard InChI is InChI=1S/C12H25NO/c1-6-8-10(3)11(4)13-9-12(5,14)7-2/h6,10-11,13-14H,1,7-9H2,2-5H3. The molecule has 0 rings (SSSR count). The zero-order chi connectivity index (χ0) is 11.2. The third-order valence-corrected chi connectivity index (χ3v) is 2.96. The first kappa shape index (κ1) is 13.7. The summed E-state index contributed by atoms with van der Waals surface area (Å²) in [4.78, 5) is 0. The second-order valence-corrected chi connectivity index (χ2v) is 4.52. The maximum absolute atomic E-state index is 9.80. The molecule has 14 heavy (non-hydrogen) atoms. The number of hydrogen-bond donors (Lipinski definition) is 2. The molecule has 0 saturated heterocycles. The normalized spacial score (nSPS) is 19.8. The quantitative estimate of drug-likeness (QED) is 0.617. The first-order valence-corrected chi connectivity index (χ1v) is 5.49. The van der Waals surface area contributed by atoms with Crippen LogP contribution in [0.2, 0.25) is 0 Å². The summed E-state index contributed by atoms with van der Waals surface area (Å²) in [5.41, 5.74) is -0.581. The zero-order valence-electron chi connectivity index (χ0n) is 10.0. The number of rotatable bonds is 7. The second kappa shape index (κ2) is 6.20. The summed E-state index contributed by atoms with van der Waals surface area (Å²) in [6.07, 6.45) is 3.74. The number of allylic oxidation sites excluding steroid dienone is 1. The van der Waals surface area contributed by atoms with Gasteiger partial charge in [-0.2, -0.15) is 0 Å². The van der Waals surface area contributed by atoms with Gasteiger partial charge in [0.1, 0.15) is 0 Å². The monoisotopic (exact) mass is 199 g/mol. The molecular formula is C12H25NO. The summed E-state index contributed by atoms with van der Waals surface area (Å²) >= 11 is 0. The Hall–Kier alpha value is -0.340. The van der Waals surface area contributed by atoms with Gasteiger partial charge in [0.25, 0.3) is 0 Å². The van der Waals surface area contributed by atoms with Crippen LogP contribution in [0.1, 0.15) is 40.5 Å². The molecule has 0 aromatic carbocycles. The summed E-state index contributed by atoms with van der Waals surface area (Å²) in [6.45, 7) is 12.6. The van der Waals surface area contributed by atoms with Gasteiger partial charge in [0, 0.05) is 12.6 Å². The first-order valence-electron chi connectivity index (χ1n) is 5.49. The predicted molar refractivity (Wildman–Crippen MR) is 62.4 cm³/mol. The lowest BCUT2D eigenvalue weighted by Gasteiger charge is -2.27. The fraction of sp³-hybridized carbons (Fsp3) is 0.833. The Morgan fingerprint density at radius 2 is 2.07 bits per heavy atom. The molecule has 0 spiro atoms. The van der Waals surface area contributed by atoms with Crippen LogP contribution in [0, 0.1) is 5.92 Å². The molecular weight excluding hydrogens is 174 g/mol. The van der Waals surface area contributed by atoms with E-state index >= 15 is 0 Å². The van der Waals surface area contributed by atoms with Gasteiger partial charge < -0.3 is 10.4 Å². The molecule has 2 nitrogen and oxygen atoms in total. The van der Waals surface area contributed by atoms with Crippen LogP contribution in [0.25, 0.3) is 0 Å². The van der Waals surface area contributed by atoms with E-state index in [0.29, 0.717) is 18.5 Å². The van der Waals surface area contributed by atoms with Crippen LogP contribution < -0.4 is 5.32 Å². The Labute approximate surface area is 88.4 Å². The highest BCUT2D eigenvalue weighted by molar-refractivity contribution is 4.80. The van der Waals surface area contributed by atoms with Gasteiger partial charge in [-0.05, 0) is 32.6 Å². The van der Waals surface area contributed by atoms with Crippen molar-refractivity contribution in [3.05, 3.63) is 12.7 Å². The average molecular weight is 199 g/mol. The largest absolute Gasteiger partial charge is 0.389 e. The van der Waals surface area contributed by atoms with E-state index in [4.69, 9.17) is 0 Å². The fourth-order valence-corrected chi connectivity index (χ4v) is 1.17. The van der Waals surface area contributed by atoms with E-state index < -0.39 is 5.60 Å². The van der Waals surface area contributed by atoms with Crippen molar-refractivity contribution in [3.63, 3.8) is 0 Å². The van der Waals surface area contributed by atoms with Crippen LogP contribution >= 0.6 is 0 Å². The molecule has 84 valence electrons. The Morgan fingerprint density at radius 3 is 2.50 bits per heavy atom. The highest BCUT2D eigenvalue weighted by atomic mass is 16.3. The highest BCUT2D eigenvalue weighted by Crippen LogP contribution is 2.11. The first-order chi connectivity index (χ1) is 6.43. The second-order valence-electron chi connectivity index (χ2n) is 4.52. The molecule has 0 aromatic heterocycles. The maximum atomic E-state index is 9.80. The minimum Gasteiger partial charge on any atom is -0.389 e. The van der Waals surface area contributed by atoms with E-state index in [2.05, 4.69) is 25.7 Å². The fourth-order valence-electron chi connectivity index (χ4n) is 1.17. The molecule has 0 aliphatic heterocycles. The molecule has 0 aromatic rings. The lowest BCUT2D eigenvalue weighted by Crippen LogP contribution is -2.43. The third kappa shape index (κ3) is 5.40. The molecule has 2 heteroatoms. The maximum Gasteiger partial charge on any atom is 0.0741 e. The molecule has 3 unspecified atom stereocenters. The third-order valence-electron chi connectivity index (χ3n) is 2.96. The summed E-state index contributed by atoms with van der Waals surface area (Å²) in [5.74, 6) is 0.570. The van der Waals surface area contributed by atoms with Gasteiger partial charge in [0.15, 0.2) is 0 Å². The molecule has 0 heterocycles. The molecule has 0 radical (unpaired) electrons. The minimum absolute atomic E-state index is 0.422. The van der Waals surface area contributed by atoms with E-state index in [1.54, 1.807) is 0 Å². The molecule has 2 N–H and O–H groups in total. The summed E-state index contributed by atoms with van der Waals surface area (Å²) in [6, 6.07) is 0.422. The van der Waals surface area contributed by atoms with Crippen molar-refractivity contribution < 1.29 is 5.11 Å². The van der Waals surface area contributed by atoms with Crippen LogP contribution in [-0.4, -0.2) is 23.3 Å². The Morgan fingerprint density at radius 1 is 1.50 bits per heavy atom. The molecule has 0 amide bonds. The van der Waals surface area contributed by atoms with Gasteiger partial charge in [-0.15, -0.1) is 6.58 Å². The number of nitrogens with one attached hydrogen (secondary N) is 1. The van der Waals surface area contributed by atoms with Crippen molar-refractivity contribution in [3.8, 4) is 0 Å². The molecule has 0 saturated carbocycles. The van der Waals surface area contributed by atoms with Crippen LogP contribution in [0.5, 0.6) is 0 Å². The Kier molecular flexibility index (Phi) is 6.05. The van der Waals surface area contributed by atoms with E-state index in [1.165, 1.54) is 0 Å². The van der Waals surface area contributed by atoms with Gasteiger partial charge in [0.05, 0.1) is 5.60 Å². The molecule has 0 aliphatic carbocycles. The van der Waals surface area contributed by atoms with Gasteiger partial charge in [-0.1, -0.05) is 19.9 Å². The summed E-state index contributed by atoms with van der Waals surface area (Å²) in [5, 5.41) is 13.2. The predicted octanol–water partition coefficient (Wildman–Crippen LogP) is 2.34. The van der Waals surface area contributed by atoms with Crippen molar-refractivity contribution >= 4 is 0 Å². The SMILES string of the molecule is C=CCC(C)C(C)NCC(C)(O)CC. The van der Waals surface area contributed by atoms with Crippen LogP contribution in [-0.2, 0) is 0 Å². The zero-order valence-corrected chi connectivity index (χ0v) is 10.0. The van der Waals surface area contributed by atoms with E-state index in [1.807, 2.05) is 19.9 Å². The van der Waals surface area contributed by atoms with E-state index in [0.717, 1.165) is 12.8 Å². The lowest BCUT2D eigenvalue weighted by atomic mass is 9.98. The van der Waals surface area contributed by atoms with Crippen molar-refractivity contribution in [2.45, 2.75) is 52.2 Å². The smallest absolute Gasteiger partial charge is 0.0741 e. The van der Waals surface area contributed by atoms with Gasteiger partial charge >= 0.3 is 0 Å². The molecule has 0 bridgehead atoms. The van der Waals surface area contributed by atoms with Crippen molar-refractivity contribution in [2.24, 2.45) is 5.92 Å². The molecule has 0 fully saturated rings. The van der Waals surface area contributed by atoms with Crippen LogP contribution in [0.15, 0.2) is 12.7 Å². The Bertz CT molecular complexity index is 166. The molecule has 3 atom stereocenters. The van der Waals surface area contributed by atoms with E-state index in [9.17, 15) is 5.11 Å². The number of hydrogen-bond acceptors (Lipinski definition) is 2. The Balaban J connectivity index is 3.83. The topological polar surface area (TPSA) is 32.3 Å². The average Bonchev–Trinajstić information content (AvgIpc) is 2.15. The van der Waals surface area contributed by atoms with Crippen molar-refractivity contribution in [1.82, 2.24) is 5.32 Å². The van der Waals surface area contributed by atoms with Gasteiger partial charge in [-0.25, -0.2) is 0 Å². The summed E-state index contributed by atoms with van der Waals surface area (Å²) in [7, 11) is 0. The highest BCUT2D eigenvalue weighted by Gasteiger charge is 2.19. The van der Waals surface area contributed by atoms with Gasteiger partial charge in [0.2, 0.25) is 0 Å². The van der Waals surface area contributed by atoms with Crippen LogP contribution in [0.4, 0.5) is 0 Å². The minimum atomic E-state index is -0.581. The molecule has 0 aliphatic rings. The number of aliphatic hydroxyl groups is 1. The van der Waals surface area contributed by atoms with E-state index in [-0.39, 0.29) is 0 Å².